The van der Waals surface area contributed by atoms with Gasteiger partial charge in [0.1, 0.15) is 0 Å². The molecule has 2 rings (SSSR count). The van der Waals surface area contributed by atoms with Crippen LogP contribution in [0.25, 0.3) is 0 Å². The molecule has 0 spiro atoms. The quantitative estimate of drug-likeness (QED) is 0.735. The fourth-order valence-electron chi connectivity index (χ4n) is 3.33. The van der Waals surface area contributed by atoms with Gasteiger partial charge in [-0.3, -0.25) is 0 Å². The average molecular weight is 242 g/mol. The Balaban J connectivity index is 1.76. The van der Waals surface area contributed by atoms with E-state index in [-0.39, 0.29) is 0 Å². The largest absolute Gasteiger partial charge is 0.378 e. The highest BCUT2D eigenvalue weighted by molar-refractivity contribution is 7.80. The molecule has 0 amide bonds. The van der Waals surface area contributed by atoms with E-state index >= 15 is 0 Å². The van der Waals surface area contributed by atoms with Gasteiger partial charge in [-0.05, 0) is 49.7 Å². The average Bonchev–Trinajstić information content (AvgIpc) is 2.15. The zero-order chi connectivity index (χ0) is 11.6. The first-order valence-corrected chi connectivity index (χ1v) is 7.49. The minimum absolute atomic E-state index is 0.438. The maximum atomic E-state index is 6.17. The summed E-state index contributed by atoms with van der Waals surface area (Å²) in [5, 5.41) is 0. The topological polar surface area (TPSA) is 9.23 Å². The van der Waals surface area contributed by atoms with Crippen LogP contribution in [-0.4, -0.2) is 18.5 Å². The van der Waals surface area contributed by atoms with Crippen LogP contribution in [0, 0.1) is 17.3 Å². The van der Waals surface area contributed by atoms with E-state index in [0.717, 1.165) is 24.2 Å². The zero-order valence-corrected chi connectivity index (χ0v) is 11.6. The highest BCUT2D eigenvalue weighted by Crippen LogP contribution is 2.43. The molecule has 0 saturated heterocycles. The molecule has 0 aromatic rings. The molecule has 2 aliphatic carbocycles. The van der Waals surface area contributed by atoms with E-state index in [1.54, 1.807) is 0 Å². The lowest BCUT2D eigenvalue weighted by atomic mass is 9.71. The van der Waals surface area contributed by atoms with Crippen molar-refractivity contribution in [1.82, 2.24) is 0 Å². The molecule has 2 saturated carbocycles. The van der Waals surface area contributed by atoms with Crippen LogP contribution in [0.5, 0.6) is 0 Å². The van der Waals surface area contributed by atoms with Gasteiger partial charge in [-0.15, -0.1) is 0 Å². The number of ether oxygens (including phenoxy) is 1. The second-order valence-electron chi connectivity index (χ2n) is 6.36. The van der Waals surface area contributed by atoms with Gasteiger partial charge in [0, 0.05) is 5.41 Å². The fourth-order valence-corrected chi connectivity index (χ4v) is 3.74. The van der Waals surface area contributed by atoms with Crippen molar-refractivity contribution in [3.8, 4) is 0 Å². The van der Waals surface area contributed by atoms with Crippen LogP contribution in [-0.2, 0) is 4.74 Å². The molecule has 2 atom stereocenters. The van der Waals surface area contributed by atoms with Crippen molar-refractivity contribution in [2.45, 2.75) is 58.5 Å². The minimum atomic E-state index is 0.438. The van der Waals surface area contributed by atoms with E-state index in [0.29, 0.717) is 11.5 Å². The number of hydrogen-bond acceptors (Lipinski definition) is 2. The SMILES string of the molecule is CC1CC(C)CC(OCC2(CS)CCC2)C1. The normalized spacial score (nSPS) is 38.1. The predicted molar refractivity (Wildman–Crippen MR) is 72.1 cm³/mol. The Morgan fingerprint density at radius 1 is 1.12 bits per heavy atom. The minimum Gasteiger partial charge on any atom is -0.378 e. The highest BCUT2D eigenvalue weighted by atomic mass is 32.1. The molecule has 2 unspecified atom stereocenters. The Kier molecular flexibility index (Phi) is 4.23. The van der Waals surface area contributed by atoms with Crippen molar-refractivity contribution < 1.29 is 4.74 Å². The lowest BCUT2D eigenvalue weighted by Gasteiger charge is -2.42. The van der Waals surface area contributed by atoms with E-state index in [1.165, 1.54) is 38.5 Å². The van der Waals surface area contributed by atoms with E-state index in [9.17, 15) is 0 Å². The summed E-state index contributed by atoms with van der Waals surface area (Å²) in [6, 6.07) is 0. The zero-order valence-electron chi connectivity index (χ0n) is 10.7. The van der Waals surface area contributed by atoms with Gasteiger partial charge in [0.05, 0.1) is 12.7 Å². The maximum Gasteiger partial charge on any atom is 0.0580 e. The summed E-state index contributed by atoms with van der Waals surface area (Å²) in [6.07, 6.45) is 8.48. The van der Waals surface area contributed by atoms with Crippen LogP contribution >= 0.6 is 12.6 Å². The number of hydrogen-bond donors (Lipinski definition) is 1. The van der Waals surface area contributed by atoms with Gasteiger partial charge in [-0.1, -0.05) is 20.3 Å². The van der Waals surface area contributed by atoms with Crippen molar-refractivity contribution in [2.75, 3.05) is 12.4 Å². The summed E-state index contributed by atoms with van der Waals surface area (Å²) in [6.45, 7) is 5.69. The van der Waals surface area contributed by atoms with Crippen molar-refractivity contribution in [1.29, 1.82) is 0 Å². The van der Waals surface area contributed by atoms with Crippen molar-refractivity contribution >= 4 is 12.6 Å². The van der Waals surface area contributed by atoms with Crippen LogP contribution in [0.3, 0.4) is 0 Å². The molecular weight excluding hydrogens is 216 g/mol. The third-order valence-corrected chi connectivity index (χ3v) is 5.18. The van der Waals surface area contributed by atoms with Crippen LogP contribution < -0.4 is 0 Å². The first-order chi connectivity index (χ1) is 7.63. The Morgan fingerprint density at radius 2 is 1.75 bits per heavy atom. The molecule has 1 nitrogen and oxygen atoms in total. The molecule has 0 aliphatic heterocycles. The molecule has 2 fully saturated rings. The summed E-state index contributed by atoms with van der Waals surface area (Å²) in [4.78, 5) is 0. The van der Waals surface area contributed by atoms with Crippen LogP contribution in [0.2, 0.25) is 0 Å². The molecule has 0 heterocycles. The van der Waals surface area contributed by atoms with Gasteiger partial charge in [0.2, 0.25) is 0 Å². The Hall–Kier alpha value is 0.310. The van der Waals surface area contributed by atoms with E-state index < -0.39 is 0 Å². The molecule has 0 N–H and O–H groups in total. The van der Waals surface area contributed by atoms with Crippen molar-refractivity contribution in [3.63, 3.8) is 0 Å². The molecule has 0 radical (unpaired) electrons. The van der Waals surface area contributed by atoms with Gasteiger partial charge in [-0.2, -0.15) is 12.6 Å². The summed E-state index contributed by atoms with van der Waals surface area (Å²) in [5.41, 5.74) is 0.438. The molecule has 94 valence electrons. The molecular formula is C14H26OS. The fraction of sp³-hybridized carbons (Fsp3) is 1.00. The third-order valence-electron chi connectivity index (χ3n) is 4.51. The first-order valence-electron chi connectivity index (χ1n) is 6.86. The molecule has 0 aromatic carbocycles. The second-order valence-corrected chi connectivity index (χ2v) is 6.68. The summed E-state index contributed by atoms with van der Waals surface area (Å²) < 4.78 is 6.17. The highest BCUT2D eigenvalue weighted by Gasteiger charge is 2.37. The van der Waals surface area contributed by atoms with Gasteiger partial charge in [0.15, 0.2) is 0 Å². The predicted octanol–water partition coefficient (Wildman–Crippen LogP) is 3.93. The van der Waals surface area contributed by atoms with Crippen LogP contribution in [0.4, 0.5) is 0 Å². The Labute approximate surface area is 106 Å². The van der Waals surface area contributed by atoms with Gasteiger partial charge in [0.25, 0.3) is 0 Å². The lowest BCUT2D eigenvalue weighted by Crippen LogP contribution is -2.39. The molecule has 0 aromatic heterocycles. The number of thiol groups is 1. The van der Waals surface area contributed by atoms with E-state index in [4.69, 9.17) is 4.74 Å². The second kappa shape index (κ2) is 5.30. The monoisotopic (exact) mass is 242 g/mol. The lowest BCUT2D eigenvalue weighted by molar-refractivity contribution is -0.0592. The Morgan fingerprint density at radius 3 is 2.19 bits per heavy atom. The van der Waals surface area contributed by atoms with Crippen molar-refractivity contribution in [3.05, 3.63) is 0 Å². The smallest absolute Gasteiger partial charge is 0.0580 e. The summed E-state index contributed by atoms with van der Waals surface area (Å²) in [5.74, 6) is 2.70. The summed E-state index contributed by atoms with van der Waals surface area (Å²) >= 11 is 4.49. The van der Waals surface area contributed by atoms with E-state index in [2.05, 4.69) is 26.5 Å². The molecule has 2 aliphatic rings. The first kappa shape index (κ1) is 12.8. The summed E-state index contributed by atoms with van der Waals surface area (Å²) in [7, 11) is 0. The molecule has 0 bridgehead atoms. The number of rotatable bonds is 4. The van der Waals surface area contributed by atoms with Crippen LogP contribution in [0.1, 0.15) is 52.4 Å². The maximum absolute atomic E-state index is 6.17. The standard InChI is InChI=1S/C14H26OS/c1-11-6-12(2)8-13(7-11)15-9-14(10-16)4-3-5-14/h11-13,16H,3-10H2,1-2H3. The van der Waals surface area contributed by atoms with Gasteiger partial charge in [-0.25, -0.2) is 0 Å². The van der Waals surface area contributed by atoms with Gasteiger partial charge >= 0.3 is 0 Å². The van der Waals surface area contributed by atoms with Crippen LogP contribution in [0.15, 0.2) is 0 Å². The molecule has 16 heavy (non-hydrogen) atoms. The van der Waals surface area contributed by atoms with Crippen molar-refractivity contribution in [2.24, 2.45) is 17.3 Å². The van der Waals surface area contributed by atoms with E-state index in [1.807, 2.05) is 0 Å². The molecule has 2 heteroatoms. The third kappa shape index (κ3) is 2.95. The Bertz CT molecular complexity index is 209. The van der Waals surface area contributed by atoms with Gasteiger partial charge < -0.3 is 4.74 Å².